The minimum Gasteiger partial charge on any atom is -1.00 e. The topological polar surface area (TPSA) is 0 Å². The fraction of sp³-hybridized carbons (Fsp3) is 0.0625. The number of rotatable bonds is 1. The Kier molecular flexibility index (Phi) is 8.21. The quantitative estimate of drug-likeness (QED) is 0.468. The summed E-state index contributed by atoms with van der Waals surface area (Å²) in [7, 11) is 0. The Bertz CT molecular complexity index is 672. The van der Waals surface area contributed by atoms with Gasteiger partial charge >= 0.3 is 26.2 Å². The summed E-state index contributed by atoms with van der Waals surface area (Å²) in [5.74, 6) is 0. The third-order valence-electron chi connectivity index (χ3n) is 3.05. The van der Waals surface area contributed by atoms with Crippen LogP contribution in [0.2, 0.25) is 5.02 Å². The largest absolute Gasteiger partial charge is 3.00 e. The fourth-order valence-electron chi connectivity index (χ4n) is 2.27. The maximum atomic E-state index is 5.92. The molecule has 0 heterocycles. The van der Waals surface area contributed by atoms with Gasteiger partial charge in [0.2, 0.25) is 0 Å². The third kappa shape index (κ3) is 3.92. The summed E-state index contributed by atoms with van der Waals surface area (Å²) >= 11 is 5.92. The molecule has 0 fully saturated rings. The average Bonchev–Trinajstić information content (AvgIpc) is 2.70. The Morgan fingerprint density at radius 1 is 0.950 bits per heavy atom. The van der Waals surface area contributed by atoms with E-state index in [0.717, 1.165) is 5.02 Å². The maximum Gasteiger partial charge on any atom is 3.00 e. The molecule has 1 radical (unpaired) electrons. The zero-order valence-corrected chi connectivity index (χ0v) is 15.6. The second-order valence-corrected chi connectivity index (χ2v) is 4.78. The smallest absolute Gasteiger partial charge is 1.00 e. The summed E-state index contributed by atoms with van der Waals surface area (Å²) < 4.78 is 0. The van der Waals surface area contributed by atoms with Gasteiger partial charge in [0.25, 0.3) is 0 Å². The number of hydrogen-bond acceptors (Lipinski definition) is 0. The van der Waals surface area contributed by atoms with E-state index in [4.69, 9.17) is 11.6 Å². The van der Waals surface area contributed by atoms with Crippen LogP contribution in [0.5, 0.6) is 0 Å². The van der Waals surface area contributed by atoms with E-state index in [1.165, 1.54) is 27.5 Å². The van der Waals surface area contributed by atoms with E-state index in [1.807, 2.05) is 12.1 Å². The Hall–Kier alpha value is -0.197. The van der Waals surface area contributed by atoms with Crippen LogP contribution < -0.4 is 24.8 Å². The summed E-state index contributed by atoms with van der Waals surface area (Å²) in [6, 6.07) is 18.9. The molecule has 0 nitrogen and oxygen atoms in total. The summed E-state index contributed by atoms with van der Waals surface area (Å²) in [6.45, 7) is 2.13. The molecule has 0 amide bonds. The Labute approximate surface area is 155 Å². The van der Waals surface area contributed by atoms with E-state index in [0.29, 0.717) is 0 Å². The van der Waals surface area contributed by atoms with Crippen molar-refractivity contribution >= 4 is 22.4 Å². The first-order valence-corrected chi connectivity index (χ1v) is 6.04. The van der Waals surface area contributed by atoms with E-state index >= 15 is 0 Å². The Balaban J connectivity index is 0.00000120. The molecule has 0 unspecified atom stereocenters. The molecule has 3 aromatic rings. The van der Waals surface area contributed by atoms with Gasteiger partial charge in [-0.15, -0.1) is 34.5 Å². The van der Waals surface area contributed by atoms with Gasteiger partial charge in [-0.1, -0.05) is 42.3 Å². The molecule has 20 heavy (non-hydrogen) atoms. The van der Waals surface area contributed by atoms with Gasteiger partial charge in [0.1, 0.15) is 0 Å². The molecule has 0 atom stereocenters. The number of hydrogen-bond donors (Lipinski definition) is 0. The van der Waals surface area contributed by atoms with Gasteiger partial charge in [-0.05, 0) is 17.7 Å². The van der Waals surface area contributed by atoms with Crippen LogP contribution in [0, 0.1) is 6.92 Å². The molecule has 0 N–H and O–H groups in total. The van der Waals surface area contributed by atoms with Crippen LogP contribution in [0.1, 0.15) is 5.56 Å². The van der Waals surface area contributed by atoms with Gasteiger partial charge in [-0.3, -0.25) is 0 Å². The predicted molar refractivity (Wildman–Crippen MR) is 74.7 cm³/mol. The first-order chi connectivity index (χ1) is 8.24. The number of halogens is 3. The molecule has 0 bridgehead atoms. The normalized spacial score (nSPS) is 9.30. The molecule has 101 valence electrons. The molecule has 0 aliphatic rings. The van der Waals surface area contributed by atoms with Crippen molar-refractivity contribution in [2.75, 3.05) is 0 Å². The second-order valence-electron chi connectivity index (χ2n) is 4.35. The van der Waals surface area contributed by atoms with Crippen molar-refractivity contribution in [3.8, 4) is 11.1 Å². The molecule has 0 aliphatic heterocycles. The Morgan fingerprint density at radius 3 is 2.25 bits per heavy atom. The van der Waals surface area contributed by atoms with E-state index in [9.17, 15) is 0 Å². The minimum absolute atomic E-state index is 0. The second kappa shape index (κ2) is 8.30. The van der Waals surface area contributed by atoms with Crippen LogP contribution in [0.4, 0.5) is 0 Å². The molecule has 4 heteroatoms. The zero-order chi connectivity index (χ0) is 11.8. The van der Waals surface area contributed by atoms with Crippen molar-refractivity contribution in [2.24, 2.45) is 0 Å². The van der Waals surface area contributed by atoms with Crippen LogP contribution in [-0.2, 0) is 26.2 Å². The molecule has 3 rings (SSSR count). The Morgan fingerprint density at radius 2 is 1.60 bits per heavy atom. The van der Waals surface area contributed by atoms with E-state index in [-0.39, 0.29) is 51.0 Å². The van der Waals surface area contributed by atoms with Gasteiger partial charge in [0, 0.05) is 5.02 Å². The van der Waals surface area contributed by atoms with Crippen LogP contribution in [0.25, 0.3) is 21.9 Å². The van der Waals surface area contributed by atoms with Gasteiger partial charge in [-0.2, -0.15) is 6.07 Å². The summed E-state index contributed by atoms with van der Waals surface area (Å²) in [5, 5.41) is 3.39. The number of aryl methyl sites for hydroxylation is 1. The van der Waals surface area contributed by atoms with Crippen LogP contribution in [0.3, 0.4) is 0 Å². The molecular formula is C16H12Cl3Zr. The first kappa shape index (κ1) is 19.8. The van der Waals surface area contributed by atoms with Crippen LogP contribution in [-0.4, -0.2) is 0 Å². The van der Waals surface area contributed by atoms with Crippen molar-refractivity contribution in [3.05, 3.63) is 65.2 Å². The molecule has 3 aromatic carbocycles. The standard InChI is InChI=1S/C16H12Cl.2ClH.Zr/c1-11-9-13-3-2-4-15(16(13)10-11)12-5-7-14(17)8-6-12;;;/h2-10H,1H3;2*1H;/q-1;;;+3/p-2. The van der Waals surface area contributed by atoms with Gasteiger partial charge < -0.3 is 24.8 Å². The van der Waals surface area contributed by atoms with Crippen molar-refractivity contribution in [1.82, 2.24) is 0 Å². The maximum absolute atomic E-state index is 5.92. The number of benzene rings is 2. The summed E-state index contributed by atoms with van der Waals surface area (Å²) in [6.07, 6.45) is 0. The van der Waals surface area contributed by atoms with E-state index < -0.39 is 0 Å². The average molecular weight is 402 g/mol. The molecule has 0 saturated heterocycles. The van der Waals surface area contributed by atoms with Crippen LogP contribution >= 0.6 is 11.6 Å². The molecule has 0 aliphatic carbocycles. The molecule has 0 aromatic heterocycles. The molecular weight excluding hydrogens is 390 g/mol. The predicted octanol–water partition coefficient (Wildman–Crippen LogP) is -0.807. The van der Waals surface area contributed by atoms with Gasteiger partial charge in [-0.25, -0.2) is 0 Å². The zero-order valence-electron chi connectivity index (χ0n) is 10.8. The van der Waals surface area contributed by atoms with Crippen molar-refractivity contribution in [3.63, 3.8) is 0 Å². The van der Waals surface area contributed by atoms with Crippen molar-refractivity contribution in [1.29, 1.82) is 0 Å². The van der Waals surface area contributed by atoms with Gasteiger partial charge in [0.05, 0.1) is 0 Å². The third-order valence-corrected chi connectivity index (χ3v) is 3.30. The van der Waals surface area contributed by atoms with Crippen molar-refractivity contribution in [2.45, 2.75) is 6.92 Å². The van der Waals surface area contributed by atoms with E-state index in [2.05, 4.69) is 49.4 Å². The SMILES string of the molecule is Cc1cc2c(-c3ccc(Cl)cc3)cccc2[cH-]1.[Cl-].[Cl-].[Zr+3]. The van der Waals surface area contributed by atoms with E-state index in [1.54, 1.807) is 0 Å². The summed E-state index contributed by atoms with van der Waals surface area (Å²) in [5.41, 5.74) is 3.79. The monoisotopic (exact) mass is 399 g/mol. The fourth-order valence-corrected chi connectivity index (χ4v) is 2.39. The number of fused-ring (bicyclic) bond motifs is 1. The first-order valence-electron chi connectivity index (χ1n) is 5.66. The van der Waals surface area contributed by atoms with Gasteiger partial charge in [0.15, 0.2) is 0 Å². The minimum atomic E-state index is 0. The van der Waals surface area contributed by atoms with Crippen molar-refractivity contribution < 1.29 is 51.0 Å². The molecule has 0 spiro atoms. The molecule has 0 saturated carbocycles. The summed E-state index contributed by atoms with van der Waals surface area (Å²) in [4.78, 5) is 0. The van der Waals surface area contributed by atoms with Crippen LogP contribution in [0.15, 0.2) is 54.6 Å².